The highest BCUT2D eigenvalue weighted by atomic mass is 32.2. The number of hydrogen-bond donors (Lipinski definition) is 1. The zero-order valence-corrected chi connectivity index (χ0v) is 16.2. The van der Waals surface area contributed by atoms with E-state index in [2.05, 4.69) is 15.5 Å². The Morgan fingerprint density at radius 1 is 1.31 bits per heavy atom. The van der Waals surface area contributed by atoms with Crippen LogP contribution in [0.1, 0.15) is 26.2 Å². The number of aromatic nitrogens is 2. The van der Waals surface area contributed by atoms with E-state index in [0.29, 0.717) is 30.9 Å². The van der Waals surface area contributed by atoms with Crippen LogP contribution in [0.25, 0.3) is 10.6 Å². The average molecular weight is 395 g/mol. The summed E-state index contributed by atoms with van der Waals surface area (Å²) in [7, 11) is -3.28. The highest BCUT2D eigenvalue weighted by molar-refractivity contribution is 7.89. The molecule has 2 heterocycles. The first kappa shape index (κ1) is 18.9. The van der Waals surface area contributed by atoms with Crippen molar-refractivity contribution in [2.45, 2.75) is 26.2 Å². The van der Waals surface area contributed by atoms with Gasteiger partial charge in [-0.1, -0.05) is 48.6 Å². The molecule has 1 N–H and O–H groups in total. The van der Waals surface area contributed by atoms with Crippen molar-refractivity contribution in [3.8, 4) is 10.6 Å². The number of amides is 1. The van der Waals surface area contributed by atoms with Crippen molar-refractivity contribution in [3.05, 3.63) is 30.3 Å². The number of carbonyl (C=O) groups is 1. The molecule has 1 aromatic carbocycles. The van der Waals surface area contributed by atoms with Gasteiger partial charge in [-0.25, -0.2) is 12.7 Å². The third kappa shape index (κ3) is 4.46. The fraction of sp³-hybridized carbons (Fsp3) is 0.471. The van der Waals surface area contributed by atoms with Crippen molar-refractivity contribution in [1.29, 1.82) is 0 Å². The number of nitrogens with one attached hydrogen (secondary N) is 1. The molecule has 0 saturated carbocycles. The van der Waals surface area contributed by atoms with Crippen LogP contribution in [0.5, 0.6) is 0 Å². The average Bonchev–Trinajstić information content (AvgIpc) is 3.11. The second-order valence-corrected chi connectivity index (χ2v) is 9.35. The Kier molecular flexibility index (Phi) is 6.00. The minimum atomic E-state index is -3.28. The van der Waals surface area contributed by atoms with Gasteiger partial charge in [-0.3, -0.25) is 4.79 Å². The maximum absolute atomic E-state index is 12.5. The molecule has 0 spiro atoms. The molecule has 1 atom stereocenters. The number of anilines is 1. The molecule has 140 valence electrons. The summed E-state index contributed by atoms with van der Waals surface area (Å²) in [5.41, 5.74) is 0.944. The molecular formula is C17H22N4O3S2. The Balaban J connectivity index is 1.64. The van der Waals surface area contributed by atoms with Crippen LogP contribution in [0.4, 0.5) is 5.13 Å². The SMILES string of the molecule is CCCS(=O)(=O)N1CCC[C@H](C(=O)Nc2nnc(-c3ccccc3)s2)C1. The largest absolute Gasteiger partial charge is 0.300 e. The van der Waals surface area contributed by atoms with Crippen LogP contribution in [-0.2, 0) is 14.8 Å². The minimum Gasteiger partial charge on any atom is -0.300 e. The molecule has 1 aliphatic rings. The molecule has 0 unspecified atom stereocenters. The normalized spacial score (nSPS) is 18.6. The molecule has 1 aliphatic heterocycles. The van der Waals surface area contributed by atoms with Crippen LogP contribution >= 0.6 is 11.3 Å². The zero-order valence-electron chi connectivity index (χ0n) is 14.6. The van der Waals surface area contributed by atoms with Gasteiger partial charge in [0.05, 0.1) is 11.7 Å². The van der Waals surface area contributed by atoms with Gasteiger partial charge in [0.2, 0.25) is 21.1 Å². The van der Waals surface area contributed by atoms with E-state index >= 15 is 0 Å². The van der Waals surface area contributed by atoms with Crippen LogP contribution in [0, 0.1) is 5.92 Å². The molecule has 9 heteroatoms. The maximum atomic E-state index is 12.5. The van der Waals surface area contributed by atoms with Crippen molar-refractivity contribution >= 4 is 32.4 Å². The number of piperidine rings is 1. The third-order valence-corrected chi connectivity index (χ3v) is 7.22. The molecule has 0 bridgehead atoms. The van der Waals surface area contributed by atoms with E-state index in [9.17, 15) is 13.2 Å². The third-order valence-electron chi connectivity index (χ3n) is 4.29. The van der Waals surface area contributed by atoms with Crippen molar-refractivity contribution < 1.29 is 13.2 Å². The maximum Gasteiger partial charge on any atom is 0.230 e. The van der Waals surface area contributed by atoms with Crippen molar-refractivity contribution in [3.63, 3.8) is 0 Å². The van der Waals surface area contributed by atoms with Gasteiger partial charge < -0.3 is 5.32 Å². The summed E-state index contributed by atoms with van der Waals surface area (Å²) >= 11 is 1.31. The van der Waals surface area contributed by atoms with Crippen LogP contribution in [-0.4, -0.2) is 47.7 Å². The molecule has 1 fully saturated rings. The fourth-order valence-electron chi connectivity index (χ4n) is 2.97. The van der Waals surface area contributed by atoms with E-state index in [1.54, 1.807) is 0 Å². The van der Waals surface area contributed by atoms with Crippen LogP contribution in [0.15, 0.2) is 30.3 Å². The zero-order chi connectivity index (χ0) is 18.6. The molecule has 26 heavy (non-hydrogen) atoms. The summed E-state index contributed by atoms with van der Waals surface area (Å²) in [4.78, 5) is 12.5. The van der Waals surface area contributed by atoms with E-state index < -0.39 is 10.0 Å². The Bertz CT molecular complexity index is 852. The highest BCUT2D eigenvalue weighted by Gasteiger charge is 2.32. The van der Waals surface area contributed by atoms with Crippen LogP contribution in [0.3, 0.4) is 0 Å². The number of benzene rings is 1. The first-order valence-electron chi connectivity index (χ1n) is 8.67. The van der Waals surface area contributed by atoms with E-state index in [1.165, 1.54) is 15.6 Å². The van der Waals surface area contributed by atoms with Crippen molar-refractivity contribution in [1.82, 2.24) is 14.5 Å². The summed E-state index contributed by atoms with van der Waals surface area (Å²) in [5.74, 6) is -0.435. The van der Waals surface area contributed by atoms with Gasteiger partial charge in [0.15, 0.2) is 0 Å². The fourth-order valence-corrected chi connectivity index (χ4v) is 5.32. The van der Waals surface area contributed by atoms with Gasteiger partial charge >= 0.3 is 0 Å². The summed E-state index contributed by atoms with van der Waals surface area (Å²) in [6.45, 7) is 2.56. The number of sulfonamides is 1. The molecule has 1 amide bonds. The van der Waals surface area contributed by atoms with Gasteiger partial charge in [-0.05, 0) is 19.3 Å². The Labute approximate surface area is 157 Å². The van der Waals surface area contributed by atoms with Gasteiger partial charge in [-0.2, -0.15) is 0 Å². The Hall–Kier alpha value is -1.84. The molecule has 3 rings (SSSR count). The topological polar surface area (TPSA) is 92.3 Å². The van der Waals surface area contributed by atoms with Gasteiger partial charge in [-0.15, -0.1) is 10.2 Å². The molecule has 1 aromatic heterocycles. The number of nitrogens with zero attached hydrogens (tertiary/aromatic N) is 3. The van der Waals surface area contributed by atoms with Crippen LogP contribution < -0.4 is 5.32 Å². The standard InChI is InChI=1S/C17H22N4O3S2/c1-2-11-26(23,24)21-10-6-9-14(12-21)15(22)18-17-20-19-16(25-17)13-7-4-3-5-8-13/h3-5,7-8,14H,2,6,9-12H2,1H3,(H,18,20,22)/t14-/m0/s1. The molecule has 1 saturated heterocycles. The van der Waals surface area contributed by atoms with E-state index in [0.717, 1.165) is 10.6 Å². The summed E-state index contributed by atoms with van der Waals surface area (Å²) in [5, 5.41) is 12.1. The smallest absolute Gasteiger partial charge is 0.230 e. The molecule has 7 nitrogen and oxygen atoms in total. The summed E-state index contributed by atoms with van der Waals surface area (Å²) in [6.07, 6.45) is 1.93. The van der Waals surface area contributed by atoms with Crippen molar-refractivity contribution in [2.75, 3.05) is 24.2 Å². The molecule has 0 radical (unpaired) electrons. The lowest BCUT2D eigenvalue weighted by molar-refractivity contribution is -0.120. The first-order chi connectivity index (χ1) is 12.5. The number of hydrogen-bond acceptors (Lipinski definition) is 6. The molecular weight excluding hydrogens is 372 g/mol. The highest BCUT2D eigenvalue weighted by Crippen LogP contribution is 2.27. The minimum absolute atomic E-state index is 0.123. The lowest BCUT2D eigenvalue weighted by Gasteiger charge is -2.30. The van der Waals surface area contributed by atoms with E-state index in [1.807, 2.05) is 37.3 Å². The van der Waals surface area contributed by atoms with Crippen LogP contribution in [0.2, 0.25) is 0 Å². The van der Waals surface area contributed by atoms with Crippen molar-refractivity contribution in [2.24, 2.45) is 5.92 Å². The van der Waals surface area contributed by atoms with Gasteiger partial charge in [0.1, 0.15) is 5.01 Å². The molecule has 0 aliphatic carbocycles. The van der Waals surface area contributed by atoms with E-state index in [-0.39, 0.29) is 24.1 Å². The van der Waals surface area contributed by atoms with Gasteiger partial charge in [0, 0.05) is 18.7 Å². The summed E-state index contributed by atoms with van der Waals surface area (Å²) < 4.78 is 25.9. The monoisotopic (exact) mass is 394 g/mol. The van der Waals surface area contributed by atoms with Gasteiger partial charge in [0.25, 0.3) is 0 Å². The number of rotatable bonds is 6. The number of carbonyl (C=O) groups excluding carboxylic acids is 1. The van der Waals surface area contributed by atoms with E-state index in [4.69, 9.17) is 0 Å². The summed E-state index contributed by atoms with van der Waals surface area (Å²) in [6, 6.07) is 9.63. The Morgan fingerprint density at radius 2 is 2.08 bits per heavy atom. The lowest BCUT2D eigenvalue weighted by Crippen LogP contribution is -2.44. The first-order valence-corrected chi connectivity index (χ1v) is 11.1. The predicted molar refractivity (Wildman–Crippen MR) is 102 cm³/mol. The second kappa shape index (κ2) is 8.24. The second-order valence-electron chi connectivity index (χ2n) is 6.28. The quantitative estimate of drug-likeness (QED) is 0.813. The molecule has 2 aromatic rings. The predicted octanol–water partition coefficient (Wildman–Crippen LogP) is 2.60. The Morgan fingerprint density at radius 3 is 2.81 bits per heavy atom. The lowest BCUT2D eigenvalue weighted by atomic mass is 9.99.